The molecule has 30 heavy (non-hydrogen) atoms. The van der Waals surface area contributed by atoms with Crippen molar-refractivity contribution in [1.82, 2.24) is 10.3 Å². The van der Waals surface area contributed by atoms with Crippen molar-refractivity contribution in [2.75, 3.05) is 0 Å². The topological polar surface area (TPSA) is 24.9 Å². The van der Waals surface area contributed by atoms with Crippen molar-refractivity contribution >= 4 is 10.8 Å². The van der Waals surface area contributed by atoms with Gasteiger partial charge in [0.05, 0.1) is 0 Å². The number of fused-ring (bicyclic) bond motifs is 1. The Kier molecular flexibility index (Phi) is 6.89. The molecule has 0 unspecified atom stereocenters. The van der Waals surface area contributed by atoms with Crippen LogP contribution in [0.15, 0.2) is 91.3 Å². The highest BCUT2D eigenvalue weighted by molar-refractivity contribution is 5.81. The molecule has 0 saturated heterocycles. The summed E-state index contributed by atoms with van der Waals surface area (Å²) in [4.78, 5) is 4.18. The molecule has 0 fully saturated rings. The molecule has 3 aromatic carbocycles. The molecule has 4 aromatic rings. The summed E-state index contributed by atoms with van der Waals surface area (Å²) in [6, 6.07) is 28.8. The predicted octanol–water partition coefficient (Wildman–Crippen LogP) is 6.79. The fourth-order valence-corrected chi connectivity index (χ4v) is 3.91. The van der Waals surface area contributed by atoms with Gasteiger partial charge in [0.1, 0.15) is 0 Å². The molecule has 1 heterocycles. The van der Waals surface area contributed by atoms with Crippen LogP contribution in [0.4, 0.5) is 0 Å². The third-order valence-corrected chi connectivity index (χ3v) is 5.77. The summed E-state index contributed by atoms with van der Waals surface area (Å²) >= 11 is 0. The van der Waals surface area contributed by atoms with Crippen molar-refractivity contribution in [3.63, 3.8) is 0 Å². The van der Waals surface area contributed by atoms with Gasteiger partial charge in [-0.25, -0.2) is 0 Å². The molecule has 0 bridgehead atoms. The van der Waals surface area contributed by atoms with Crippen LogP contribution in [0.25, 0.3) is 21.9 Å². The molecule has 0 saturated carbocycles. The molecule has 0 amide bonds. The first-order valence-electron chi connectivity index (χ1n) is 11.0. The van der Waals surface area contributed by atoms with Crippen LogP contribution in [0.3, 0.4) is 0 Å². The van der Waals surface area contributed by atoms with Crippen LogP contribution in [0.5, 0.6) is 0 Å². The summed E-state index contributed by atoms with van der Waals surface area (Å²) in [5, 5.41) is 6.13. The van der Waals surface area contributed by atoms with Crippen molar-refractivity contribution in [2.45, 2.75) is 45.2 Å². The highest BCUT2D eigenvalue weighted by Gasteiger charge is 2.04. The Morgan fingerprint density at radius 2 is 1.53 bits per heavy atom. The van der Waals surface area contributed by atoms with E-state index in [0.29, 0.717) is 6.04 Å². The van der Waals surface area contributed by atoms with Gasteiger partial charge in [0, 0.05) is 30.4 Å². The Hall–Kier alpha value is -2.97. The monoisotopic (exact) mass is 394 g/mol. The quantitative estimate of drug-likeness (QED) is 0.316. The summed E-state index contributed by atoms with van der Waals surface area (Å²) < 4.78 is 0. The first-order valence-corrected chi connectivity index (χ1v) is 11.0. The molecule has 1 aromatic heterocycles. The number of hydrogen-bond donors (Lipinski definition) is 1. The average molecular weight is 395 g/mol. The Bertz CT molecular complexity index is 1050. The van der Waals surface area contributed by atoms with Crippen LogP contribution in [-0.4, -0.2) is 11.0 Å². The second-order valence-electron chi connectivity index (χ2n) is 8.15. The number of aryl methyl sites for hydroxylation is 1. The Labute approximate surface area is 180 Å². The van der Waals surface area contributed by atoms with Gasteiger partial charge in [-0.05, 0) is 66.0 Å². The Morgan fingerprint density at radius 1 is 0.767 bits per heavy atom. The van der Waals surface area contributed by atoms with E-state index in [4.69, 9.17) is 0 Å². The van der Waals surface area contributed by atoms with E-state index < -0.39 is 0 Å². The molecule has 152 valence electrons. The van der Waals surface area contributed by atoms with Crippen LogP contribution in [-0.2, 0) is 13.0 Å². The fraction of sp³-hybridized carbons (Fsp3) is 0.250. The summed E-state index contributed by atoms with van der Waals surface area (Å²) in [5.74, 6) is 0. The molecule has 2 nitrogen and oxygen atoms in total. The molecule has 0 radical (unpaired) electrons. The second kappa shape index (κ2) is 10.2. The van der Waals surface area contributed by atoms with E-state index in [1.165, 1.54) is 52.3 Å². The molecule has 0 aliphatic rings. The van der Waals surface area contributed by atoms with Gasteiger partial charge < -0.3 is 5.32 Å². The summed E-state index contributed by atoms with van der Waals surface area (Å²) in [6.45, 7) is 3.21. The number of pyridine rings is 1. The maximum Gasteiger partial charge on any atom is 0.0346 e. The maximum absolute atomic E-state index is 4.18. The van der Waals surface area contributed by atoms with Gasteiger partial charge in [-0.3, -0.25) is 4.98 Å². The van der Waals surface area contributed by atoms with Gasteiger partial charge in [0.2, 0.25) is 0 Å². The van der Waals surface area contributed by atoms with E-state index in [1.54, 1.807) is 0 Å². The van der Waals surface area contributed by atoms with Crippen LogP contribution >= 0.6 is 0 Å². The lowest BCUT2D eigenvalue weighted by molar-refractivity contribution is 0.489. The number of aromatic nitrogens is 1. The second-order valence-corrected chi connectivity index (χ2v) is 8.15. The van der Waals surface area contributed by atoms with Crippen molar-refractivity contribution in [2.24, 2.45) is 0 Å². The smallest absolute Gasteiger partial charge is 0.0346 e. The van der Waals surface area contributed by atoms with Crippen LogP contribution < -0.4 is 5.32 Å². The van der Waals surface area contributed by atoms with Gasteiger partial charge >= 0.3 is 0 Å². The molecule has 0 aliphatic carbocycles. The van der Waals surface area contributed by atoms with E-state index in [-0.39, 0.29) is 0 Å². The van der Waals surface area contributed by atoms with Gasteiger partial charge in [0.25, 0.3) is 0 Å². The Balaban J connectivity index is 1.18. The van der Waals surface area contributed by atoms with Crippen LogP contribution in [0.1, 0.15) is 37.3 Å². The normalized spacial score (nSPS) is 12.2. The fourth-order valence-electron chi connectivity index (χ4n) is 3.91. The third kappa shape index (κ3) is 5.55. The van der Waals surface area contributed by atoms with E-state index >= 15 is 0 Å². The molecular weight excluding hydrogens is 364 g/mol. The number of rotatable bonds is 9. The van der Waals surface area contributed by atoms with E-state index in [0.717, 1.165) is 13.0 Å². The van der Waals surface area contributed by atoms with Crippen LogP contribution in [0.2, 0.25) is 0 Å². The number of hydrogen-bond acceptors (Lipinski definition) is 2. The highest BCUT2D eigenvalue weighted by Crippen LogP contribution is 2.20. The maximum atomic E-state index is 4.18. The number of unbranched alkanes of at least 4 members (excludes halogenated alkanes) is 1. The van der Waals surface area contributed by atoms with E-state index in [1.807, 2.05) is 12.4 Å². The van der Waals surface area contributed by atoms with Gasteiger partial charge in [0.15, 0.2) is 0 Å². The summed E-state index contributed by atoms with van der Waals surface area (Å²) in [5.41, 5.74) is 5.34. The number of nitrogens with one attached hydrogen (secondary N) is 1. The lowest BCUT2D eigenvalue weighted by Gasteiger charge is -2.14. The number of nitrogens with zero attached hydrogens (tertiary/aromatic N) is 1. The Morgan fingerprint density at radius 3 is 2.37 bits per heavy atom. The minimum Gasteiger partial charge on any atom is -0.310 e. The first kappa shape index (κ1) is 20.3. The molecule has 1 N–H and O–H groups in total. The number of benzene rings is 3. The SMILES string of the molecule is C[C@H](CCCCc1ccc(-c2ccccc2)cc1)NCc1ccc2cnccc2c1. The molecule has 4 rings (SSSR count). The standard InChI is InChI=1S/C28H30N2/c1-22(30-20-24-13-16-28-21-29-18-17-27(28)19-24)7-5-6-8-23-11-14-26(15-12-23)25-9-3-2-4-10-25/h2-4,9-19,21-22,30H,5-8,20H2,1H3/t22-/m1/s1. The lowest BCUT2D eigenvalue weighted by atomic mass is 10.0. The van der Waals surface area contributed by atoms with E-state index in [2.05, 4.69) is 96.1 Å². The first-order chi connectivity index (χ1) is 14.8. The molecular formula is C28H30N2. The highest BCUT2D eigenvalue weighted by atomic mass is 14.9. The average Bonchev–Trinajstić information content (AvgIpc) is 2.81. The van der Waals surface area contributed by atoms with Crippen LogP contribution in [0, 0.1) is 0 Å². The lowest BCUT2D eigenvalue weighted by Crippen LogP contribution is -2.25. The zero-order chi connectivity index (χ0) is 20.6. The van der Waals surface area contributed by atoms with Gasteiger partial charge in [-0.15, -0.1) is 0 Å². The predicted molar refractivity (Wildman–Crippen MR) is 127 cm³/mol. The third-order valence-electron chi connectivity index (χ3n) is 5.77. The largest absolute Gasteiger partial charge is 0.310 e. The van der Waals surface area contributed by atoms with Gasteiger partial charge in [-0.2, -0.15) is 0 Å². The summed E-state index contributed by atoms with van der Waals surface area (Å²) in [6.07, 6.45) is 8.62. The molecule has 1 atom stereocenters. The molecule has 0 spiro atoms. The van der Waals surface area contributed by atoms with Crippen molar-refractivity contribution in [3.05, 3.63) is 102 Å². The van der Waals surface area contributed by atoms with E-state index in [9.17, 15) is 0 Å². The van der Waals surface area contributed by atoms with Crippen molar-refractivity contribution in [3.8, 4) is 11.1 Å². The molecule has 2 heteroatoms. The minimum atomic E-state index is 0.526. The zero-order valence-corrected chi connectivity index (χ0v) is 17.7. The van der Waals surface area contributed by atoms with Crippen molar-refractivity contribution < 1.29 is 0 Å². The zero-order valence-electron chi connectivity index (χ0n) is 17.7. The minimum absolute atomic E-state index is 0.526. The van der Waals surface area contributed by atoms with Crippen molar-refractivity contribution in [1.29, 1.82) is 0 Å². The summed E-state index contributed by atoms with van der Waals surface area (Å²) in [7, 11) is 0. The van der Waals surface area contributed by atoms with Gasteiger partial charge in [-0.1, -0.05) is 73.2 Å². The molecule has 0 aliphatic heterocycles.